The largest absolute Gasteiger partial charge is 0.306 e. The van der Waals surface area contributed by atoms with Gasteiger partial charge >= 0.3 is 0 Å². The third-order valence-corrected chi connectivity index (χ3v) is 3.45. The van der Waals surface area contributed by atoms with Crippen molar-refractivity contribution in [1.29, 1.82) is 0 Å². The van der Waals surface area contributed by atoms with Crippen LogP contribution in [0.15, 0.2) is 24.4 Å². The third-order valence-electron chi connectivity index (χ3n) is 2.58. The predicted molar refractivity (Wildman–Crippen MR) is 71.9 cm³/mol. The Kier molecular flexibility index (Phi) is 4.49. The molecular formula is C13H18FN3S. The fourth-order valence-electron chi connectivity index (χ4n) is 1.78. The molecule has 0 aliphatic heterocycles. The summed E-state index contributed by atoms with van der Waals surface area (Å²) < 4.78 is 14.8. The van der Waals surface area contributed by atoms with Gasteiger partial charge in [-0.25, -0.2) is 0 Å². The van der Waals surface area contributed by atoms with Crippen LogP contribution >= 0.6 is 11.3 Å². The van der Waals surface area contributed by atoms with E-state index in [1.54, 1.807) is 0 Å². The van der Waals surface area contributed by atoms with Crippen LogP contribution in [0.4, 0.5) is 4.39 Å². The average molecular weight is 267 g/mol. The number of nitrogens with one attached hydrogen (secondary N) is 1. The lowest BCUT2D eigenvalue weighted by Gasteiger charge is -2.10. The van der Waals surface area contributed by atoms with Crippen molar-refractivity contribution in [3.8, 4) is 0 Å². The van der Waals surface area contributed by atoms with Crippen molar-refractivity contribution in [3.63, 3.8) is 0 Å². The zero-order chi connectivity index (χ0) is 13.0. The molecule has 0 radical (unpaired) electrons. The smallest absolute Gasteiger partial charge is 0.176 e. The molecule has 3 nitrogen and oxygen atoms in total. The Morgan fingerprint density at radius 1 is 1.33 bits per heavy atom. The van der Waals surface area contributed by atoms with E-state index >= 15 is 0 Å². The molecule has 0 atom stereocenters. The number of nitrogens with zero attached hydrogens (tertiary/aromatic N) is 2. The fraction of sp³-hybridized carbons (Fsp3) is 0.462. The van der Waals surface area contributed by atoms with Gasteiger partial charge in [0.1, 0.15) is 0 Å². The van der Waals surface area contributed by atoms with Crippen molar-refractivity contribution in [3.05, 3.63) is 40.1 Å². The monoisotopic (exact) mass is 267 g/mol. The van der Waals surface area contributed by atoms with Crippen molar-refractivity contribution >= 4 is 11.3 Å². The van der Waals surface area contributed by atoms with E-state index in [1.165, 1.54) is 23.1 Å². The molecule has 18 heavy (non-hydrogen) atoms. The van der Waals surface area contributed by atoms with Crippen LogP contribution in [0.5, 0.6) is 0 Å². The molecule has 2 rings (SSSR count). The maximum absolute atomic E-state index is 12.8. The molecule has 0 spiro atoms. The molecule has 2 heterocycles. The Balaban J connectivity index is 1.84. The summed E-state index contributed by atoms with van der Waals surface area (Å²) in [5, 5.41) is 7.49. The molecule has 2 aromatic rings. The summed E-state index contributed by atoms with van der Waals surface area (Å²) in [4.78, 5) is 1.02. The summed E-state index contributed by atoms with van der Waals surface area (Å²) in [6.45, 7) is 6.73. The summed E-state index contributed by atoms with van der Waals surface area (Å²) >= 11 is 1.19. The van der Waals surface area contributed by atoms with E-state index < -0.39 is 0 Å². The van der Waals surface area contributed by atoms with E-state index in [2.05, 4.69) is 24.3 Å². The zero-order valence-corrected chi connectivity index (χ0v) is 11.5. The van der Waals surface area contributed by atoms with Gasteiger partial charge < -0.3 is 5.32 Å². The molecule has 0 bridgehead atoms. The third kappa shape index (κ3) is 3.65. The summed E-state index contributed by atoms with van der Waals surface area (Å²) in [6.07, 6.45) is 1.82. The van der Waals surface area contributed by atoms with Gasteiger partial charge in [0.15, 0.2) is 5.13 Å². The Morgan fingerprint density at radius 2 is 2.17 bits per heavy atom. The minimum absolute atomic E-state index is 0.128. The van der Waals surface area contributed by atoms with Gasteiger partial charge in [0.2, 0.25) is 0 Å². The minimum atomic E-state index is -0.128. The molecule has 98 valence electrons. The summed E-state index contributed by atoms with van der Waals surface area (Å²) in [7, 11) is 0. The van der Waals surface area contributed by atoms with E-state index in [0.717, 1.165) is 18.0 Å². The highest BCUT2D eigenvalue weighted by molar-refractivity contribution is 7.10. The number of halogens is 1. The Hall–Kier alpha value is -1.20. The maximum Gasteiger partial charge on any atom is 0.176 e. The lowest BCUT2D eigenvalue weighted by atomic mass is 10.2. The highest BCUT2D eigenvalue weighted by atomic mass is 32.1. The molecule has 0 aliphatic rings. The molecule has 5 heteroatoms. The molecule has 0 aromatic carbocycles. The Labute approximate surface area is 111 Å². The number of thiophene rings is 1. The van der Waals surface area contributed by atoms with Crippen molar-refractivity contribution in [1.82, 2.24) is 15.1 Å². The van der Waals surface area contributed by atoms with E-state index in [0.29, 0.717) is 12.5 Å². The average Bonchev–Trinajstić information content (AvgIpc) is 2.88. The van der Waals surface area contributed by atoms with Crippen LogP contribution < -0.4 is 5.32 Å². The van der Waals surface area contributed by atoms with Gasteiger partial charge in [-0.2, -0.15) is 9.49 Å². The normalized spacial score (nSPS) is 11.3. The molecule has 0 aliphatic carbocycles. The molecule has 2 aromatic heterocycles. The van der Waals surface area contributed by atoms with Crippen LogP contribution in [0.25, 0.3) is 0 Å². The van der Waals surface area contributed by atoms with E-state index in [4.69, 9.17) is 0 Å². The second kappa shape index (κ2) is 6.11. The van der Waals surface area contributed by atoms with Gasteiger partial charge in [0, 0.05) is 30.7 Å². The minimum Gasteiger partial charge on any atom is -0.306 e. The van der Waals surface area contributed by atoms with Crippen molar-refractivity contribution in [2.24, 2.45) is 5.92 Å². The fourth-order valence-corrected chi connectivity index (χ4v) is 2.48. The van der Waals surface area contributed by atoms with Gasteiger partial charge in [-0.15, -0.1) is 11.3 Å². The lowest BCUT2D eigenvalue weighted by Crippen LogP contribution is -2.17. The standard InChI is InChI=1S/C13H18FN3S/c1-10(2)9-17-11(5-6-16-17)7-15-8-12-3-4-13(14)18-12/h3-6,10,15H,7-9H2,1-2H3. The second-order valence-corrected chi connectivity index (χ2v) is 5.83. The topological polar surface area (TPSA) is 29.9 Å². The Morgan fingerprint density at radius 3 is 2.83 bits per heavy atom. The molecule has 0 fully saturated rings. The molecular weight excluding hydrogens is 249 g/mol. The van der Waals surface area contributed by atoms with Crippen LogP contribution in [0, 0.1) is 11.0 Å². The van der Waals surface area contributed by atoms with Crippen LogP contribution in [0.3, 0.4) is 0 Å². The summed E-state index contributed by atoms with van der Waals surface area (Å²) in [5.74, 6) is 0.579. The van der Waals surface area contributed by atoms with Crippen molar-refractivity contribution in [2.75, 3.05) is 0 Å². The van der Waals surface area contributed by atoms with Crippen LogP contribution in [-0.4, -0.2) is 9.78 Å². The quantitative estimate of drug-likeness (QED) is 0.872. The molecule has 0 unspecified atom stereocenters. The first-order valence-corrected chi connectivity index (χ1v) is 6.92. The zero-order valence-electron chi connectivity index (χ0n) is 10.7. The van der Waals surface area contributed by atoms with Crippen LogP contribution in [0.2, 0.25) is 0 Å². The summed E-state index contributed by atoms with van der Waals surface area (Å²) in [5.41, 5.74) is 1.17. The predicted octanol–water partition coefficient (Wildman–Crippen LogP) is 3.03. The number of hydrogen-bond acceptors (Lipinski definition) is 3. The van der Waals surface area contributed by atoms with Gasteiger partial charge in [0.05, 0.1) is 5.69 Å². The molecule has 1 N–H and O–H groups in total. The lowest BCUT2D eigenvalue weighted by molar-refractivity contribution is 0.461. The SMILES string of the molecule is CC(C)Cn1nccc1CNCc1ccc(F)s1. The van der Waals surface area contributed by atoms with Crippen molar-refractivity contribution in [2.45, 2.75) is 33.5 Å². The first kappa shape index (κ1) is 13.2. The molecule has 0 saturated heterocycles. The Bertz CT molecular complexity index is 490. The van der Waals surface area contributed by atoms with E-state index in [9.17, 15) is 4.39 Å². The van der Waals surface area contributed by atoms with Crippen LogP contribution in [0.1, 0.15) is 24.4 Å². The first-order chi connectivity index (χ1) is 8.65. The van der Waals surface area contributed by atoms with Crippen molar-refractivity contribution < 1.29 is 4.39 Å². The first-order valence-electron chi connectivity index (χ1n) is 6.11. The van der Waals surface area contributed by atoms with Gasteiger partial charge in [-0.1, -0.05) is 13.8 Å². The van der Waals surface area contributed by atoms with Gasteiger partial charge in [-0.05, 0) is 24.1 Å². The highest BCUT2D eigenvalue weighted by Crippen LogP contribution is 2.14. The molecule has 0 amide bonds. The van der Waals surface area contributed by atoms with Gasteiger partial charge in [-0.3, -0.25) is 4.68 Å². The summed E-state index contributed by atoms with van der Waals surface area (Å²) in [6, 6.07) is 5.34. The maximum atomic E-state index is 12.8. The molecule has 0 saturated carbocycles. The van der Waals surface area contributed by atoms with Crippen LogP contribution in [-0.2, 0) is 19.6 Å². The number of rotatable bonds is 6. The number of aromatic nitrogens is 2. The van der Waals surface area contributed by atoms with E-state index in [-0.39, 0.29) is 5.13 Å². The van der Waals surface area contributed by atoms with Gasteiger partial charge in [0.25, 0.3) is 0 Å². The second-order valence-electron chi connectivity index (χ2n) is 4.71. The number of hydrogen-bond donors (Lipinski definition) is 1. The van der Waals surface area contributed by atoms with E-state index in [1.807, 2.05) is 23.0 Å². The highest BCUT2D eigenvalue weighted by Gasteiger charge is 2.04.